The van der Waals surface area contributed by atoms with Crippen molar-refractivity contribution in [3.05, 3.63) is 42.3 Å². The molecule has 2 rings (SSSR count). The van der Waals surface area contributed by atoms with Crippen LogP contribution in [0.15, 0.2) is 30.3 Å². The number of nitrogens with two attached hydrogens (primary N) is 1. The van der Waals surface area contributed by atoms with E-state index < -0.39 is 23.3 Å². The summed E-state index contributed by atoms with van der Waals surface area (Å²) in [4.78, 5) is 35.6. The van der Waals surface area contributed by atoms with Gasteiger partial charge in [0.1, 0.15) is 12.6 Å². The molecule has 0 aromatic heterocycles. The van der Waals surface area contributed by atoms with Crippen LogP contribution in [0.2, 0.25) is 0 Å². The normalized spacial score (nSPS) is 22.8. The van der Waals surface area contributed by atoms with Gasteiger partial charge in [-0.05, 0) is 25.3 Å². The predicted molar refractivity (Wildman–Crippen MR) is 88.7 cm³/mol. The average molecular weight is 331 g/mol. The van der Waals surface area contributed by atoms with E-state index in [1.165, 1.54) is 6.42 Å². The molecule has 1 aromatic rings. The number of rotatable bonds is 7. The van der Waals surface area contributed by atoms with Crippen LogP contribution < -0.4 is 11.1 Å². The van der Waals surface area contributed by atoms with Gasteiger partial charge in [-0.3, -0.25) is 14.4 Å². The molecule has 1 heterocycles. The molecular formula is C18H23N2O4. The van der Waals surface area contributed by atoms with E-state index in [2.05, 4.69) is 5.32 Å². The zero-order chi connectivity index (χ0) is 17.7. The number of ether oxygens (including phenoxy) is 1. The van der Waals surface area contributed by atoms with Crippen LogP contribution in [0.25, 0.3) is 0 Å². The molecule has 3 atom stereocenters. The Bertz CT molecular complexity index is 617. The molecule has 129 valence electrons. The molecule has 1 aliphatic rings. The Morgan fingerprint density at radius 3 is 2.58 bits per heavy atom. The minimum absolute atomic E-state index is 0.0130. The molecule has 1 fully saturated rings. The number of benzene rings is 1. The van der Waals surface area contributed by atoms with Gasteiger partial charge in [0.2, 0.25) is 11.8 Å². The zero-order valence-electron chi connectivity index (χ0n) is 14.0. The first-order valence-corrected chi connectivity index (χ1v) is 7.94. The fourth-order valence-corrected chi connectivity index (χ4v) is 2.70. The van der Waals surface area contributed by atoms with Crippen LogP contribution in [0.4, 0.5) is 0 Å². The number of nitrogens with one attached hydrogen (secondary N) is 1. The van der Waals surface area contributed by atoms with Gasteiger partial charge in [0.15, 0.2) is 5.78 Å². The van der Waals surface area contributed by atoms with E-state index in [1.54, 1.807) is 13.8 Å². The molecule has 1 aromatic carbocycles. The Balaban J connectivity index is 1.94. The maximum absolute atomic E-state index is 12.1. The summed E-state index contributed by atoms with van der Waals surface area (Å²) < 4.78 is 5.19. The van der Waals surface area contributed by atoms with Crippen molar-refractivity contribution in [3.8, 4) is 0 Å². The van der Waals surface area contributed by atoms with E-state index in [0.29, 0.717) is 6.42 Å². The van der Waals surface area contributed by atoms with E-state index in [4.69, 9.17) is 10.5 Å². The average Bonchev–Trinajstić information content (AvgIpc) is 2.86. The lowest BCUT2D eigenvalue weighted by atomic mass is 9.79. The lowest BCUT2D eigenvalue weighted by Gasteiger charge is -2.26. The van der Waals surface area contributed by atoms with E-state index in [9.17, 15) is 14.4 Å². The highest BCUT2D eigenvalue weighted by Gasteiger charge is 2.35. The van der Waals surface area contributed by atoms with E-state index in [0.717, 1.165) is 5.56 Å². The van der Waals surface area contributed by atoms with Gasteiger partial charge in [0.05, 0.1) is 17.9 Å². The lowest BCUT2D eigenvalue weighted by Crippen LogP contribution is -2.45. The van der Waals surface area contributed by atoms with Gasteiger partial charge in [-0.15, -0.1) is 0 Å². The summed E-state index contributed by atoms with van der Waals surface area (Å²) in [5.74, 6) is -1.01. The number of ketones is 1. The highest BCUT2D eigenvalue weighted by atomic mass is 16.5. The van der Waals surface area contributed by atoms with Crippen molar-refractivity contribution < 1.29 is 19.1 Å². The number of carbonyl (C=O) groups excluding carboxylic acids is 3. The number of hydrogen-bond donors (Lipinski definition) is 2. The molecule has 1 radical (unpaired) electrons. The highest BCUT2D eigenvalue weighted by Crippen LogP contribution is 2.27. The second kappa shape index (κ2) is 7.57. The summed E-state index contributed by atoms with van der Waals surface area (Å²) in [5, 5.41) is 2.63. The van der Waals surface area contributed by atoms with Gasteiger partial charge in [-0.25, -0.2) is 0 Å². The minimum atomic E-state index is -0.875. The van der Waals surface area contributed by atoms with Crippen molar-refractivity contribution in [1.82, 2.24) is 5.32 Å². The molecular weight excluding hydrogens is 308 g/mol. The Morgan fingerprint density at radius 1 is 1.38 bits per heavy atom. The molecule has 0 aliphatic carbocycles. The third-order valence-electron chi connectivity index (χ3n) is 4.37. The fourth-order valence-electron chi connectivity index (χ4n) is 2.70. The topological polar surface area (TPSA) is 98.5 Å². The van der Waals surface area contributed by atoms with E-state index in [1.807, 2.05) is 30.3 Å². The summed E-state index contributed by atoms with van der Waals surface area (Å²) in [6, 6.07) is 8.87. The first-order valence-electron chi connectivity index (χ1n) is 7.94. The number of carbonyl (C=O) groups is 3. The quantitative estimate of drug-likeness (QED) is 0.771. The summed E-state index contributed by atoms with van der Waals surface area (Å²) in [6.45, 7) is 3.48. The van der Waals surface area contributed by atoms with E-state index in [-0.39, 0.29) is 24.9 Å². The molecule has 0 spiro atoms. The monoisotopic (exact) mass is 331 g/mol. The van der Waals surface area contributed by atoms with Crippen molar-refractivity contribution in [1.29, 1.82) is 0 Å². The van der Waals surface area contributed by atoms with Gasteiger partial charge in [-0.1, -0.05) is 37.3 Å². The molecule has 1 saturated heterocycles. The maximum atomic E-state index is 12.1. The number of primary amides is 1. The molecule has 0 unspecified atom stereocenters. The third-order valence-corrected chi connectivity index (χ3v) is 4.37. The number of amides is 2. The summed E-state index contributed by atoms with van der Waals surface area (Å²) in [5.41, 5.74) is 5.65. The van der Waals surface area contributed by atoms with Gasteiger partial charge in [0.25, 0.3) is 0 Å². The van der Waals surface area contributed by atoms with Crippen LogP contribution in [0, 0.1) is 11.8 Å². The smallest absolute Gasteiger partial charge is 0.224 e. The van der Waals surface area contributed by atoms with Crippen molar-refractivity contribution in [2.45, 2.75) is 38.8 Å². The van der Waals surface area contributed by atoms with Crippen LogP contribution in [-0.2, 0) is 25.5 Å². The molecule has 3 N–H and O–H groups in total. The van der Waals surface area contributed by atoms with Gasteiger partial charge < -0.3 is 15.8 Å². The lowest BCUT2D eigenvalue weighted by molar-refractivity contribution is -0.127. The summed E-state index contributed by atoms with van der Waals surface area (Å²) in [6.07, 6.45) is 1.67. The molecule has 6 nitrogen and oxygen atoms in total. The van der Waals surface area contributed by atoms with Crippen molar-refractivity contribution >= 4 is 17.6 Å². The van der Waals surface area contributed by atoms with Gasteiger partial charge in [-0.2, -0.15) is 0 Å². The summed E-state index contributed by atoms with van der Waals surface area (Å²) in [7, 11) is 0. The van der Waals surface area contributed by atoms with Gasteiger partial charge >= 0.3 is 0 Å². The molecule has 1 aliphatic heterocycles. The summed E-state index contributed by atoms with van der Waals surface area (Å²) >= 11 is 0. The molecule has 0 saturated carbocycles. The number of Topliss-reactive ketones (excluding diaryl/α,β-unsaturated/α-hetero) is 1. The van der Waals surface area contributed by atoms with Crippen LogP contribution in [0.1, 0.15) is 25.8 Å². The number of hydrogen-bond acceptors (Lipinski definition) is 4. The Hall–Kier alpha value is -2.21. The SMILES string of the molecule is C[C@@H]1OCC(=O)[C@H]1NC(=O)[CH]C[C@@](C)(Cc1ccccc1)C(N)=O. The van der Waals surface area contributed by atoms with Crippen molar-refractivity contribution in [2.24, 2.45) is 11.1 Å². The second-order valence-corrected chi connectivity index (χ2v) is 6.46. The van der Waals surface area contributed by atoms with Gasteiger partial charge in [0, 0.05) is 0 Å². The van der Waals surface area contributed by atoms with Crippen LogP contribution in [-0.4, -0.2) is 36.4 Å². The Labute approximate surface area is 141 Å². The third kappa shape index (κ3) is 4.41. The molecule has 2 amide bonds. The molecule has 6 heteroatoms. The van der Waals surface area contributed by atoms with Crippen LogP contribution in [0.3, 0.4) is 0 Å². The predicted octanol–water partition coefficient (Wildman–Crippen LogP) is 0.788. The van der Waals surface area contributed by atoms with Crippen molar-refractivity contribution in [2.75, 3.05) is 6.61 Å². The highest BCUT2D eigenvalue weighted by molar-refractivity contribution is 5.94. The Kier molecular flexibility index (Phi) is 5.72. The van der Waals surface area contributed by atoms with E-state index >= 15 is 0 Å². The van der Waals surface area contributed by atoms with Crippen LogP contribution >= 0.6 is 0 Å². The maximum Gasteiger partial charge on any atom is 0.224 e. The molecule has 0 bridgehead atoms. The minimum Gasteiger partial charge on any atom is -0.369 e. The molecule has 24 heavy (non-hydrogen) atoms. The first kappa shape index (κ1) is 18.1. The Morgan fingerprint density at radius 2 is 2.04 bits per heavy atom. The largest absolute Gasteiger partial charge is 0.369 e. The van der Waals surface area contributed by atoms with Crippen molar-refractivity contribution in [3.63, 3.8) is 0 Å². The standard InChI is InChI=1S/C18H23N2O4/c1-12-16(14(21)11-24-12)20-15(22)8-9-18(2,17(19)23)10-13-6-4-3-5-7-13/h3-8,12,16H,9-11H2,1-2H3,(H2,19,23)(H,20,22)/t12-,16-,18-/m0/s1. The van der Waals surface area contributed by atoms with Crippen LogP contribution in [0.5, 0.6) is 0 Å². The fraction of sp³-hybridized carbons (Fsp3) is 0.444. The second-order valence-electron chi connectivity index (χ2n) is 6.46. The zero-order valence-corrected chi connectivity index (χ0v) is 14.0. The first-order chi connectivity index (χ1) is 11.3.